The van der Waals surface area contributed by atoms with E-state index < -0.39 is 0 Å². The molecule has 4 nitrogen and oxygen atoms in total. The van der Waals surface area contributed by atoms with E-state index in [1.165, 1.54) is 11.3 Å². The Balaban J connectivity index is 1.79. The fourth-order valence-electron chi connectivity index (χ4n) is 2.82. The molecule has 2 aliphatic rings. The molecule has 3 heterocycles. The predicted molar refractivity (Wildman–Crippen MR) is 73.9 cm³/mol. The molecular weight excluding hydrogens is 224 g/mol. The van der Waals surface area contributed by atoms with Crippen molar-refractivity contribution in [3.8, 4) is 0 Å². The number of nitrogens with zero attached hydrogens (tertiary/aromatic N) is 2. The summed E-state index contributed by atoms with van der Waals surface area (Å²) in [5.41, 5.74) is 8.65. The van der Waals surface area contributed by atoms with Gasteiger partial charge in [0.1, 0.15) is 5.82 Å². The van der Waals surface area contributed by atoms with Gasteiger partial charge in [0, 0.05) is 37.8 Å². The lowest BCUT2D eigenvalue weighted by Crippen LogP contribution is -2.40. The van der Waals surface area contributed by atoms with E-state index in [0.29, 0.717) is 6.04 Å². The number of hydrogen-bond donors (Lipinski definition) is 2. The molecule has 18 heavy (non-hydrogen) atoms. The lowest BCUT2D eigenvalue weighted by Gasteiger charge is -2.31. The summed E-state index contributed by atoms with van der Waals surface area (Å²) in [4.78, 5) is 7.24. The van der Waals surface area contributed by atoms with Gasteiger partial charge in [0.15, 0.2) is 0 Å². The normalized spacial score (nSPS) is 21.5. The van der Waals surface area contributed by atoms with E-state index in [0.717, 1.165) is 57.7 Å². The van der Waals surface area contributed by atoms with Crippen molar-refractivity contribution in [3.05, 3.63) is 23.4 Å². The van der Waals surface area contributed by atoms with Crippen molar-refractivity contribution in [2.75, 3.05) is 31.1 Å². The molecule has 1 aromatic heterocycles. The highest BCUT2D eigenvalue weighted by Crippen LogP contribution is 2.20. The Morgan fingerprint density at radius 2 is 1.94 bits per heavy atom. The van der Waals surface area contributed by atoms with E-state index in [4.69, 9.17) is 10.7 Å². The maximum atomic E-state index is 5.95. The van der Waals surface area contributed by atoms with E-state index in [1.807, 2.05) is 0 Å². The molecule has 0 saturated carbocycles. The van der Waals surface area contributed by atoms with Gasteiger partial charge < -0.3 is 16.0 Å². The number of anilines is 1. The Kier molecular flexibility index (Phi) is 3.48. The van der Waals surface area contributed by atoms with Gasteiger partial charge in [0.05, 0.1) is 0 Å². The van der Waals surface area contributed by atoms with Gasteiger partial charge in [0.2, 0.25) is 0 Å². The van der Waals surface area contributed by atoms with Crippen LogP contribution in [0.15, 0.2) is 12.1 Å². The van der Waals surface area contributed by atoms with Crippen LogP contribution in [0.3, 0.4) is 0 Å². The van der Waals surface area contributed by atoms with Crippen LogP contribution in [0.4, 0.5) is 5.82 Å². The lowest BCUT2D eigenvalue weighted by atomic mass is 10.1. The Morgan fingerprint density at radius 1 is 1.17 bits per heavy atom. The van der Waals surface area contributed by atoms with E-state index in [2.05, 4.69) is 22.3 Å². The molecule has 0 aliphatic carbocycles. The zero-order valence-electron chi connectivity index (χ0n) is 10.9. The molecule has 1 fully saturated rings. The van der Waals surface area contributed by atoms with Crippen molar-refractivity contribution in [2.24, 2.45) is 5.73 Å². The van der Waals surface area contributed by atoms with Crippen LogP contribution in [-0.2, 0) is 12.8 Å². The minimum Gasteiger partial charge on any atom is -0.356 e. The van der Waals surface area contributed by atoms with E-state index in [1.54, 1.807) is 0 Å². The number of hydrogen-bond acceptors (Lipinski definition) is 4. The summed E-state index contributed by atoms with van der Waals surface area (Å²) >= 11 is 0. The van der Waals surface area contributed by atoms with Crippen LogP contribution in [0.1, 0.15) is 24.1 Å². The topological polar surface area (TPSA) is 54.2 Å². The Labute approximate surface area is 109 Å². The van der Waals surface area contributed by atoms with E-state index in [9.17, 15) is 0 Å². The quantitative estimate of drug-likeness (QED) is 0.766. The number of aromatic nitrogens is 1. The first kappa shape index (κ1) is 11.9. The largest absolute Gasteiger partial charge is 0.356 e. The monoisotopic (exact) mass is 246 g/mol. The number of fused-ring (bicyclic) bond motifs is 1. The minimum atomic E-state index is 0.381. The smallest absolute Gasteiger partial charge is 0.128 e. The van der Waals surface area contributed by atoms with E-state index >= 15 is 0 Å². The summed E-state index contributed by atoms with van der Waals surface area (Å²) in [6.07, 6.45) is 4.32. The summed E-state index contributed by atoms with van der Waals surface area (Å²) in [6.45, 7) is 4.22. The van der Waals surface area contributed by atoms with Crippen LogP contribution in [0.25, 0.3) is 0 Å². The number of nitrogens with one attached hydrogen (secondary N) is 1. The highest BCUT2D eigenvalue weighted by Gasteiger charge is 2.18. The summed E-state index contributed by atoms with van der Waals surface area (Å²) < 4.78 is 0. The Hall–Kier alpha value is -1.13. The van der Waals surface area contributed by atoms with Gasteiger partial charge in [-0.1, -0.05) is 6.07 Å². The molecule has 1 aromatic rings. The average Bonchev–Trinajstić information content (AvgIpc) is 2.64. The standard InChI is InChI=1S/C14H22N4/c15-12-5-9-18(10-6-12)14-2-1-11-3-7-16-8-4-13(11)17-14/h1-2,12,16H,3-10,15H2. The van der Waals surface area contributed by atoms with Gasteiger partial charge in [-0.15, -0.1) is 0 Å². The molecule has 3 rings (SSSR count). The second-order valence-corrected chi connectivity index (χ2v) is 5.35. The lowest BCUT2D eigenvalue weighted by molar-refractivity contribution is 0.498. The third kappa shape index (κ3) is 2.49. The van der Waals surface area contributed by atoms with Crippen molar-refractivity contribution in [1.82, 2.24) is 10.3 Å². The van der Waals surface area contributed by atoms with E-state index in [-0.39, 0.29) is 0 Å². The molecule has 2 aliphatic heterocycles. The molecule has 0 aromatic carbocycles. The van der Waals surface area contributed by atoms with Crippen LogP contribution >= 0.6 is 0 Å². The second-order valence-electron chi connectivity index (χ2n) is 5.35. The van der Waals surface area contributed by atoms with Gasteiger partial charge in [-0.25, -0.2) is 4.98 Å². The van der Waals surface area contributed by atoms with Gasteiger partial charge in [-0.2, -0.15) is 0 Å². The molecule has 3 N–H and O–H groups in total. The number of rotatable bonds is 1. The molecule has 0 unspecified atom stereocenters. The van der Waals surface area contributed by atoms with Gasteiger partial charge in [-0.3, -0.25) is 0 Å². The molecule has 0 atom stereocenters. The molecule has 0 spiro atoms. The van der Waals surface area contributed by atoms with Crippen LogP contribution in [0.2, 0.25) is 0 Å². The molecule has 98 valence electrons. The van der Waals surface area contributed by atoms with Crippen molar-refractivity contribution >= 4 is 5.82 Å². The number of nitrogens with two attached hydrogens (primary N) is 1. The summed E-state index contributed by atoms with van der Waals surface area (Å²) in [5.74, 6) is 1.14. The molecule has 0 bridgehead atoms. The van der Waals surface area contributed by atoms with Crippen molar-refractivity contribution in [1.29, 1.82) is 0 Å². The number of piperidine rings is 1. The summed E-state index contributed by atoms with van der Waals surface area (Å²) in [7, 11) is 0. The Bertz CT molecular complexity index is 410. The SMILES string of the molecule is NC1CCN(c2ccc3c(n2)CCNCC3)CC1. The first-order valence-electron chi connectivity index (χ1n) is 7.03. The zero-order chi connectivity index (χ0) is 12.4. The summed E-state index contributed by atoms with van der Waals surface area (Å²) in [5, 5.41) is 3.43. The molecular formula is C14H22N4. The maximum Gasteiger partial charge on any atom is 0.128 e. The third-order valence-corrected chi connectivity index (χ3v) is 4.03. The van der Waals surface area contributed by atoms with Crippen LogP contribution in [0.5, 0.6) is 0 Å². The van der Waals surface area contributed by atoms with Crippen molar-refractivity contribution < 1.29 is 0 Å². The van der Waals surface area contributed by atoms with Gasteiger partial charge in [-0.05, 0) is 37.4 Å². The van der Waals surface area contributed by atoms with Crippen molar-refractivity contribution in [3.63, 3.8) is 0 Å². The first-order chi connectivity index (χ1) is 8.83. The average molecular weight is 246 g/mol. The van der Waals surface area contributed by atoms with Crippen LogP contribution in [0, 0.1) is 0 Å². The summed E-state index contributed by atoms with van der Waals surface area (Å²) in [6, 6.07) is 4.83. The number of pyridine rings is 1. The van der Waals surface area contributed by atoms with Gasteiger partial charge >= 0.3 is 0 Å². The predicted octanol–water partition coefficient (Wildman–Crippen LogP) is 0.697. The fourth-order valence-corrected chi connectivity index (χ4v) is 2.82. The minimum absolute atomic E-state index is 0.381. The highest BCUT2D eigenvalue weighted by atomic mass is 15.2. The van der Waals surface area contributed by atoms with Gasteiger partial charge in [0.25, 0.3) is 0 Å². The molecule has 0 amide bonds. The van der Waals surface area contributed by atoms with Crippen molar-refractivity contribution in [2.45, 2.75) is 31.7 Å². The zero-order valence-corrected chi connectivity index (χ0v) is 10.9. The first-order valence-corrected chi connectivity index (χ1v) is 7.03. The molecule has 1 saturated heterocycles. The Morgan fingerprint density at radius 3 is 2.78 bits per heavy atom. The third-order valence-electron chi connectivity index (χ3n) is 4.03. The van der Waals surface area contributed by atoms with Crippen LogP contribution < -0.4 is 16.0 Å². The fraction of sp³-hybridized carbons (Fsp3) is 0.643. The highest BCUT2D eigenvalue weighted by molar-refractivity contribution is 5.43. The maximum absolute atomic E-state index is 5.95. The second kappa shape index (κ2) is 5.24. The van der Waals surface area contributed by atoms with Crippen LogP contribution in [-0.4, -0.2) is 37.2 Å². The molecule has 0 radical (unpaired) electrons. The molecule has 4 heteroatoms.